The Morgan fingerprint density at radius 3 is 2.50 bits per heavy atom. The number of thioether (sulfide) groups is 1. The van der Waals surface area contributed by atoms with Crippen LogP contribution in [0.4, 0.5) is 0 Å². The van der Waals surface area contributed by atoms with Gasteiger partial charge in [0, 0.05) is 11.3 Å². The average molecular weight is 290 g/mol. The molecular weight excluding hydrogens is 268 g/mol. The van der Waals surface area contributed by atoms with Crippen molar-refractivity contribution in [3.63, 3.8) is 0 Å². The standard InChI is InChI=1S/C15H22N4S/c1-5-12-6-8-13(9-7-12)14(16-4)10(2)20-15-17-11(3)18-19-15/h6-10,14,16H,5H2,1-4H3,(H,17,18,19). The minimum absolute atomic E-state index is 0.282. The van der Waals surface area contributed by atoms with Gasteiger partial charge in [0.1, 0.15) is 5.82 Å². The van der Waals surface area contributed by atoms with Gasteiger partial charge in [-0.05, 0) is 31.5 Å². The molecule has 0 saturated heterocycles. The number of hydrogen-bond donors (Lipinski definition) is 2. The van der Waals surface area contributed by atoms with Gasteiger partial charge >= 0.3 is 0 Å². The molecule has 1 aromatic carbocycles. The van der Waals surface area contributed by atoms with Crippen LogP contribution in [0.5, 0.6) is 0 Å². The molecule has 4 nitrogen and oxygen atoms in total. The van der Waals surface area contributed by atoms with E-state index in [0.717, 1.165) is 17.4 Å². The Balaban J connectivity index is 2.09. The number of rotatable bonds is 6. The van der Waals surface area contributed by atoms with Crippen molar-refractivity contribution in [3.8, 4) is 0 Å². The highest BCUT2D eigenvalue weighted by Crippen LogP contribution is 2.30. The molecule has 0 aliphatic rings. The molecule has 2 atom stereocenters. The van der Waals surface area contributed by atoms with E-state index in [2.05, 4.69) is 58.6 Å². The summed E-state index contributed by atoms with van der Waals surface area (Å²) in [5, 5.41) is 11.6. The van der Waals surface area contributed by atoms with Gasteiger partial charge in [-0.3, -0.25) is 5.10 Å². The van der Waals surface area contributed by atoms with Gasteiger partial charge in [-0.15, -0.1) is 5.10 Å². The molecule has 1 heterocycles. The number of hydrogen-bond acceptors (Lipinski definition) is 4. The Bertz CT molecular complexity index is 535. The first-order chi connectivity index (χ1) is 9.63. The van der Waals surface area contributed by atoms with Crippen LogP contribution < -0.4 is 5.32 Å². The SMILES string of the molecule is CCc1ccc(C(NC)C(C)Sc2n[nH]c(C)n2)cc1. The molecule has 0 bridgehead atoms. The van der Waals surface area contributed by atoms with Gasteiger partial charge in [0.05, 0.1) is 0 Å². The lowest BCUT2D eigenvalue weighted by molar-refractivity contribution is 0.588. The second kappa shape index (κ2) is 6.90. The van der Waals surface area contributed by atoms with Crippen molar-refractivity contribution in [3.05, 3.63) is 41.2 Å². The predicted molar refractivity (Wildman–Crippen MR) is 84.1 cm³/mol. The third kappa shape index (κ3) is 3.61. The number of benzene rings is 1. The molecule has 108 valence electrons. The van der Waals surface area contributed by atoms with E-state index in [1.165, 1.54) is 11.1 Å². The molecule has 0 radical (unpaired) electrons. The molecule has 20 heavy (non-hydrogen) atoms. The summed E-state index contributed by atoms with van der Waals surface area (Å²) in [7, 11) is 2.00. The maximum atomic E-state index is 4.36. The van der Waals surface area contributed by atoms with Crippen molar-refractivity contribution in [1.29, 1.82) is 0 Å². The van der Waals surface area contributed by atoms with Crippen LogP contribution in [0.25, 0.3) is 0 Å². The van der Waals surface area contributed by atoms with Crippen LogP contribution in [0.2, 0.25) is 0 Å². The van der Waals surface area contributed by atoms with Crippen LogP contribution >= 0.6 is 11.8 Å². The van der Waals surface area contributed by atoms with Crippen LogP contribution in [-0.4, -0.2) is 27.5 Å². The fraction of sp³-hybridized carbons (Fsp3) is 0.467. The number of aryl methyl sites for hydroxylation is 2. The van der Waals surface area contributed by atoms with Gasteiger partial charge < -0.3 is 5.32 Å². The zero-order valence-corrected chi connectivity index (χ0v) is 13.3. The van der Waals surface area contributed by atoms with Gasteiger partial charge in [0.2, 0.25) is 5.16 Å². The van der Waals surface area contributed by atoms with E-state index in [0.29, 0.717) is 5.25 Å². The highest BCUT2D eigenvalue weighted by atomic mass is 32.2. The van der Waals surface area contributed by atoms with Gasteiger partial charge in [-0.25, -0.2) is 4.98 Å². The molecule has 0 amide bonds. The van der Waals surface area contributed by atoms with Crippen LogP contribution in [0, 0.1) is 6.92 Å². The Labute approximate surface area is 124 Å². The van der Waals surface area contributed by atoms with Crippen LogP contribution in [-0.2, 0) is 6.42 Å². The summed E-state index contributed by atoms with van der Waals surface area (Å²) in [5.41, 5.74) is 2.67. The summed E-state index contributed by atoms with van der Waals surface area (Å²) in [6.07, 6.45) is 1.07. The molecule has 0 fully saturated rings. The summed E-state index contributed by atoms with van der Waals surface area (Å²) in [5.74, 6) is 0.855. The molecule has 0 saturated carbocycles. The Morgan fingerprint density at radius 2 is 2.00 bits per heavy atom. The number of nitrogens with one attached hydrogen (secondary N) is 2. The molecule has 5 heteroatoms. The predicted octanol–water partition coefficient (Wildman–Crippen LogP) is 3.12. The van der Waals surface area contributed by atoms with E-state index in [-0.39, 0.29) is 6.04 Å². The number of aromatic amines is 1. The fourth-order valence-electron chi connectivity index (χ4n) is 2.24. The maximum absolute atomic E-state index is 4.36. The van der Waals surface area contributed by atoms with E-state index in [4.69, 9.17) is 0 Å². The molecule has 0 aliphatic carbocycles. The highest BCUT2D eigenvalue weighted by molar-refractivity contribution is 7.99. The quantitative estimate of drug-likeness (QED) is 0.803. The second-order valence-corrected chi connectivity index (χ2v) is 6.23. The lowest BCUT2D eigenvalue weighted by Gasteiger charge is -2.22. The van der Waals surface area contributed by atoms with Crippen LogP contribution in [0.15, 0.2) is 29.4 Å². The van der Waals surface area contributed by atoms with Crippen molar-refractivity contribution in [2.75, 3.05) is 7.05 Å². The van der Waals surface area contributed by atoms with Gasteiger partial charge in [0.25, 0.3) is 0 Å². The second-order valence-electron chi connectivity index (χ2n) is 4.89. The van der Waals surface area contributed by atoms with Crippen LogP contribution in [0.3, 0.4) is 0 Å². The summed E-state index contributed by atoms with van der Waals surface area (Å²) in [4.78, 5) is 4.36. The smallest absolute Gasteiger partial charge is 0.208 e. The third-order valence-electron chi connectivity index (χ3n) is 3.40. The molecule has 2 unspecified atom stereocenters. The number of H-pyrrole nitrogens is 1. The minimum Gasteiger partial charge on any atom is -0.312 e. The molecule has 2 aromatic rings. The summed E-state index contributed by atoms with van der Waals surface area (Å²) >= 11 is 1.69. The maximum Gasteiger partial charge on any atom is 0.208 e. The van der Waals surface area contributed by atoms with Crippen molar-refractivity contribution in [2.45, 2.75) is 43.6 Å². The largest absolute Gasteiger partial charge is 0.312 e. The lowest BCUT2D eigenvalue weighted by Crippen LogP contribution is -2.25. The van der Waals surface area contributed by atoms with Gasteiger partial charge in [-0.2, -0.15) is 0 Å². The molecule has 0 spiro atoms. The van der Waals surface area contributed by atoms with E-state index < -0.39 is 0 Å². The van der Waals surface area contributed by atoms with Crippen molar-refractivity contribution >= 4 is 11.8 Å². The number of nitrogens with zero attached hydrogens (tertiary/aromatic N) is 2. The first-order valence-electron chi connectivity index (χ1n) is 6.95. The molecular formula is C15H22N4S. The van der Waals surface area contributed by atoms with E-state index >= 15 is 0 Å². The molecule has 0 aliphatic heterocycles. The zero-order chi connectivity index (χ0) is 14.5. The topological polar surface area (TPSA) is 53.6 Å². The Hall–Kier alpha value is -1.33. The first kappa shape index (κ1) is 15.1. The van der Waals surface area contributed by atoms with Gasteiger partial charge in [-0.1, -0.05) is 49.9 Å². The Morgan fingerprint density at radius 1 is 1.30 bits per heavy atom. The lowest BCUT2D eigenvalue weighted by atomic mass is 10.0. The molecule has 1 aromatic heterocycles. The highest BCUT2D eigenvalue weighted by Gasteiger charge is 2.20. The van der Waals surface area contributed by atoms with Crippen molar-refractivity contribution in [1.82, 2.24) is 20.5 Å². The van der Waals surface area contributed by atoms with Gasteiger partial charge in [0.15, 0.2) is 0 Å². The third-order valence-corrected chi connectivity index (χ3v) is 4.43. The van der Waals surface area contributed by atoms with E-state index in [9.17, 15) is 0 Å². The summed E-state index contributed by atoms with van der Waals surface area (Å²) in [6.45, 7) is 6.29. The average Bonchev–Trinajstić information content (AvgIpc) is 2.85. The van der Waals surface area contributed by atoms with Crippen LogP contribution in [0.1, 0.15) is 36.8 Å². The van der Waals surface area contributed by atoms with E-state index in [1.807, 2.05) is 14.0 Å². The monoisotopic (exact) mass is 290 g/mol. The normalized spacial score (nSPS) is 14.2. The Kier molecular flexibility index (Phi) is 5.20. The van der Waals surface area contributed by atoms with E-state index in [1.54, 1.807) is 11.8 Å². The summed E-state index contributed by atoms with van der Waals surface area (Å²) < 4.78 is 0. The first-order valence-corrected chi connectivity index (χ1v) is 7.83. The minimum atomic E-state index is 0.282. The zero-order valence-electron chi connectivity index (χ0n) is 12.5. The summed E-state index contributed by atoms with van der Waals surface area (Å²) in [6, 6.07) is 9.10. The molecule has 2 N–H and O–H groups in total. The fourth-order valence-corrected chi connectivity index (χ4v) is 3.29. The van der Waals surface area contributed by atoms with Crippen molar-refractivity contribution in [2.24, 2.45) is 0 Å². The molecule has 2 rings (SSSR count). The number of aromatic nitrogens is 3. The van der Waals surface area contributed by atoms with Crippen molar-refractivity contribution < 1.29 is 0 Å².